The van der Waals surface area contributed by atoms with E-state index in [1.54, 1.807) is 13.8 Å². The molecule has 0 radical (unpaired) electrons. The van der Waals surface area contributed by atoms with Gasteiger partial charge in [-0.1, -0.05) is 13.8 Å². The molecular formula is C9H20O9P2. The topological polar surface area (TPSA) is 154 Å². The number of ether oxygens (including phenoxy) is 1. The Labute approximate surface area is 116 Å². The zero-order valence-electron chi connectivity index (χ0n) is 11.1. The second kappa shape index (κ2) is 6.52. The molecule has 1 saturated heterocycles. The number of rotatable bonds is 6. The first-order valence-electron chi connectivity index (χ1n) is 5.95. The molecular weight excluding hydrogens is 314 g/mol. The molecule has 1 aliphatic heterocycles. The molecule has 1 heterocycles. The third-order valence-corrected chi connectivity index (χ3v) is 6.32. The molecule has 5 N–H and O–H groups in total. The molecule has 0 aliphatic carbocycles. The molecule has 120 valence electrons. The zero-order valence-corrected chi connectivity index (χ0v) is 12.9. The Bertz CT molecular complexity index is 420. The first-order chi connectivity index (χ1) is 8.93. The maximum atomic E-state index is 11.4. The Balaban J connectivity index is 2.58. The summed E-state index contributed by atoms with van der Waals surface area (Å²) in [5, 5.41) is 19.5. The van der Waals surface area contributed by atoms with E-state index in [0.29, 0.717) is 0 Å². The van der Waals surface area contributed by atoms with Gasteiger partial charge >= 0.3 is 15.2 Å². The van der Waals surface area contributed by atoms with Gasteiger partial charge in [0.1, 0.15) is 18.3 Å². The van der Waals surface area contributed by atoms with Crippen LogP contribution in [-0.4, -0.2) is 61.8 Å². The van der Waals surface area contributed by atoms with Crippen molar-refractivity contribution in [2.24, 2.45) is 5.92 Å². The second-order valence-corrected chi connectivity index (χ2v) is 9.10. The van der Waals surface area contributed by atoms with Gasteiger partial charge in [-0.2, -0.15) is 0 Å². The van der Waals surface area contributed by atoms with Crippen LogP contribution < -0.4 is 0 Å². The predicted octanol–water partition coefficient (Wildman–Crippen LogP) is -0.531. The van der Waals surface area contributed by atoms with Gasteiger partial charge in [-0.15, -0.1) is 0 Å². The lowest BCUT2D eigenvalue weighted by molar-refractivity contribution is -0.0337. The normalized spacial score (nSPS) is 34.4. The van der Waals surface area contributed by atoms with Crippen LogP contribution in [-0.2, 0) is 18.4 Å². The molecule has 1 rings (SSSR count). The number of aliphatic hydroxyl groups is 2. The fourth-order valence-electron chi connectivity index (χ4n) is 1.93. The fourth-order valence-corrected chi connectivity index (χ4v) is 4.50. The van der Waals surface area contributed by atoms with Crippen LogP contribution in [0.3, 0.4) is 0 Å². The van der Waals surface area contributed by atoms with Crippen LogP contribution in [0.25, 0.3) is 0 Å². The average molecular weight is 334 g/mol. The number of hydrogen-bond donors (Lipinski definition) is 5. The largest absolute Gasteiger partial charge is 0.388 e. The Kier molecular flexibility index (Phi) is 5.94. The third kappa shape index (κ3) is 5.18. The molecule has 0 aromatic carbocycles. The summed E-state index contributed by atoms with van der Waals surface area (Å²) in [6.45, 7) is 3.00. The van der Waals surface area contributed by atoms with Crippen molar-refractivity contribution in [1.82, 2.24) is 0 Å². The van der Waals surface area contributed by atoms with Crippen LogP contribution in [0.4, 0.5) is 0 Å². The van der Waals surface area contributed by atoms with E-state index in [9.17, 15) is 24.2 Å². The Morgan fingerprint density at radius 1 is 1.15 bits per heavy atom. The molecule has 0 aromatic rings. The van der Waals surface area contributed by atoms with Crippen LogP contribution in [0.5, 0.6) is 0 Å². The summed E-state index contributed by atoms with van der Waals surface area (Å²) in [7, 11) is -9.19. The van der Waals surface area contributed by atoms with Crippen molar-refractivity contribution < 1.29 is 43.3 Å². The van der Waals surface area contributed by atoms with E-state index in [0.717, 1.165) is 0 Å². The van der Waals surface area contributed by atoms with E-state index in [2.05, 4.69) is 4.52 Å². The number of hydrogen-bond acceptors (Lipinski definition) is 6. The van der Waals surface area contributed by atoms with Crippen LogP contribution in [0.1, 0.15) is 13.8 Å². The van der Waals surface area contributed by atoms with Gasteiger partial charge in [-0.05, 0) is 5.92 Å². The van der Waals surface area contributed by atoms with Gasteiger partial charge in [0.05, 0.1) is 12.7 Å². The maximum absolute atomic E-state index is 11.4. The molecule has 1 aliphatic rings. The highest BCUT2D eigenvalue weighted by atomic mass is 31.2. The van der Waals surface area contributed by atoms with Gasteiger partial charge in [-0.25, -0.2) is 0 Å². The molecule has 9 nitrogen and oxygen atoms in total. The third-order valence-electron chi connectivity index (χ3n) is 2.86. The van der Waals surface area contributed by atoms with Crippen molar-refractivity contribution in [3.63, 3.8) is 0 Å². The fraction of sp³-hybridized carbons (Fsp3) is 1.00. The van der Waals surface area contributed by atoms with E-state index in [1.807, 2.05) is 0 Å². The van der Waals surface area contributed by atoms with E-state index in [4.69, 9.17) is 14.5 Å². The Morgan fingerprint density at radius 3 is 2.10 bits per heavy atom. The molecule has 0 saturated carbocycles. The average Bonchev–Trinajstić information content (AvgIpc) is 2.50. The van der Waals surface area contributed by atoms with Gasteiger partial charge in [0.15, 0.2) is 5.90 Å². The Morgan fingerprint density at radius 2 is 1.70 bits per heavy atom. The lowest BCUT2D eigenvalue weighted by atomic mass is 10.00. The van der Waals surface area contributed by atoms with Crippen molar-refractivity contribution in [1.29, 1.82) is 0 Å². The standard InChI is InChI=1S/C9H20O9P2/c1-5(2)9-8(11)7(10)6(18-9)3-17-20(15,16)4-19(12,13)14/h5-11H,3-4H2,1-2H3,(H,15,16)(H2,12,13,14)/t6-,7?,8+,9+/m1/s1. The molecule has 5 atom stereocenters. The van der Waals surface area contributed by atoms with E-state index in [1.165, 1.54) is 0 Å². The van der Waals surface area contributed by atoms with Crippen molar-refractivity contribution in [2.45, 2.75) is 38.3 Å². The van der Waals surface area contributed by atoms with Crippen LogP contribution in [0.2, 0.25) is 0 Å². The van der Waals surface area contributed by atoms with E-state index < -0.39 is 52.1 Å². The first-order valence-corrected chi connectivity index (χ1v) is 9.51. The molecule has 1 fully saturated rings. The van der Waals surface area contributed by atoms with E-state index >= 15 is 0 Å². The summed E-state index contributed by atoms with van der Waals surface area (Å²) in [6.07, 6.45) is -4.12. The molecule has 20 heavy (non-hydrogen) atoms. The van der Waals surface area contributed by atoms with Gasteiger partial charge in [-0.3, -0.25) is 9.13 Å². The van der Waals surface area contributed by atoms with Gasteiger partial charge < -0.3 is 34.2 Å². The summed E-state index contributed by atoms with van der Waals surface area (Å²) in [6, 6.07) is 0. The van der Waals surface area contributed by atoms with Gasteiger partial charge in [0, 0.05) is 0 Å². The SMILES string of the molecule is CC(C)[C@@H]1O[C@H](COP(=O)(O)CP(=O)(O)O)C(O)[C@@H]1O. The van der Waals surface area contributed by atoms with Crippen LogP contribution in [0.15, 0.2) is 0 Å². The summed E-state index contributed by atoms with van der Waals surface area (Å²) >= 11 is 0. The van der Waals surface area contributed by atoms with Crippen molar-refractivity contribution >= 4 is 15.2 Å². The smallest absolute Gasteiger partial charge is 0.340 e. The second-order valence-electron chi connectivity index (χ2n) is 5.10. The zero-order chi connectivity index (χ0) is 15.7. The van der Waals surface area contributed by atoms with Gasteiger partial charge in [0.25, 0.3) is 0 Å². The molecule has 0 amide bonds. The molecule has 11 heteroatoms. The molecule has 0 bridgehead atoms. The maximum Gasteiger partial charge on any atom is 0.340 e. The highest BCUT2D eigenvalue weighted by Crippen LogP contribution is 2.55. The quantitative estimate of drug-likeness (QED) is 0.403. The minimum Gasteiger partial charge on any atom is -0.388 e. The lowest BCUT2D eigenvalue weighted by Gasteiger charge is -2.18. The van der Waals surface area contributed by atoms with E-state index in [-0.39, 0.29) is 5.92 Å². The first kappa shape index (κ1) is 18.2. The highest BCUT2D eigenvalue weighted by molar-refractivity contribution is 7.70. The molecule has 0 spiro atoms. The molecule has 2 unspecified atom stereocenters. The monoisotopic (exact) mass is 334 g/mol. The lowest BCUT2D eigenvalue weighted by Crippen LogP contribution is -2.35. The van der Waals surface area contributed by atoms with Crippen LogP contribution >= 0.6 is 15.2 Å². The molecule has 0 aromatic heterocycles. The number of aliphatic hydroxyl groups excluding tert-OH is 2. The summed E-state index contributed by atoms with van der Waals surface area (Å²) in [5.41, 5.74) is 0. The highest BCUT2D eigenvalue weighted by Gasteiger charge is 2.45. The Hall–Kier alpha value is 0.180. The minimum atomic E-state index is -4.69. The minimum absolute atomic E-state index is 0.0827. The summed E-state index contributed by atoms with van der Waals surface area (Å²) in [4.78, 5) is 26.5. The van der Waals surface area contributed by atoms with Crippen LogP contribution in [0, 0.1) is 5.92 Å². The van der Waals surface area contributed by atoms with Gasteiger partial charge in [0.2, 0.25) is 0 Å². The predicted molar refractivity (Wildman–Crippen MR) is 68.2 cm³/mol. The van der Waals surface area contributed by atoms with Crippen molar-refractivity contribution in [3.05, 3.63) is 0 Å². The summed E-state index contributed by atoms with van der Waals surface area (Å²) in [5.74, 6) is -1.39. The summed E-state index contributed by atoms with van der Waals surface area (Å²) < 4.78 is 32.0. The van der Waals surface area contributed by atoms with Crippen molar-refractivity contribution in [3.8, 4) is 0 Å². The van der Waals surface area contributed by atoms with Crippen molar-refractivity contribution in [2.75, 3.05) is 12.5 Å².